The topological polar surface area (TPSA) is 43.0 Å². The first kappa shape index (κ1) is 6.01. The lowest BCUT2D eigenvalue weighted by molar-refractivity contribution is 0.945. The van der Waals surface area contributed by atoms with Gasteiger partial charge in [-0.25, -0.2) is 0 Å². The normalized spacial score (nSPS) is 9.56. The predicted octanol–water partition coefficient (Wildman–Crippen LogP) is 0.649. The van der Waals surface area contributed by atoms with Gasteiger partial charge in [-0.2, -0.15) is 0 Å². The van der Waals surface area contributed by atoms with Gasteiger partial charge in [-0.05, 0) is 12.1 Å². The lowest BCUT2D eigenvalue weighted by Crippen LogP contribution is -2.00. The van der Waals surface area contributed by atoms with Crippen LogP contribution in [0.15, 0.2) is 12.1 Å². The average molecular weight is 125 g/mol. The Hall–Kier alpha value is -1.12. The molecule has 0 amide bonds. The Balaban J connectivity index is 3.04. The first-order valence-corrected chi connectivity index (χ1v) is 2.84. The lowest BCUT2D eigenvalue weighted by atomic mass is 10.6. The molecule has 1 rings (SSSR count). The minimum absolute atomic E-state index is 0.777. The van der Waals surface area contributed by atoms with E-state index in [1.54, 1.807) is 0 Å². The van der Waals surface area contributed by atoms with E-state index in [-0.39, 0.29) is 0 Å². The Morgan fingerprint density at radius 1 is 1.56 bits per heavy atom. The second-order valence-corrected chi connectivity index (χ2v) is 1.95. The fourth-order valence-corrected chi connectivity index (χ4v) is 0.778. The molecule has 0 aromatic carbocycles. The van der Waals surface area contributed by atoms with Crippen molar-refractivity contribution < 1.29 is 0 Å². The van der Waals surface area contributed by atoms with Gasteiger partial charge in [0.2, 0.25) is 0 Å². The van der Waals surface area contributed by atoms with Crippen molar-refractivity contribution in [1.82, 2.24) is 4.57 Å². The molecule has 0 fully saturated rings. The number of rotatable bonds is 1. The minimum Gasteiger partial charge on any atom is -0.385 e. The summed E-state index contributed by atoms with van der Waals surface area (Å²) in [6.45, 7) is 0. The van der Waals surface area contributed by atoms with Gasteiger partial charge < -0.3 is 15.6 Å². The zero-order valence-corrected chi connectivity index (χ0v) is 5.68. The molecule has 0 bridgehead atoms. The first-order chi connectivity index (χ1) is 4.25. The molecule has 9 heavy (non-hydrogen) atoms. The zero-order chi connectivity index (χ0) is 6.85. The van der Waals surface area contributed by atoms with Crippen LogP contribution in [0.3, 0.4) is 0 Å². The number of nitrogens with zero attached hydrogens (tertiary/aromatic N) is 1. The summed E-state index contributed by atoms with van der Waals surface area (Å²) in [7, 11) is 3.79. The summed E-state index contributed by atoms with van der Waals surface area (Å²) in [6, 6.07) is 3.81. The quantitative estimate of drug-likeness (QED) is 0.578. The summed E-state index contributed by atoms with van der Waals surface area (Å²) in [5.41, 5.74) is 5.54. The predicted molar refractivity (Wildman–Crippen MR) is 39.4 cm³/mol. The number of aromatic nitrogens is 1. The van der Waals surface area contributed by atoms with E-state index in [9.17, 15) is 0 Å². The second-order valence-electron chi connectivity index (χ2n) is 1.95. The largest absolute Gasteiger partial charge is 0.385 e. The third kappa shape index (κ3) is 0.850. The highest BCUT2D eigenvalue weighted by molar-refractivity contribution is 5.47. The Morgan fingerprint density at radius 2 is 2.22 bits per heavy atom. The summed E-state index contributed by atoms with van der Waals surface area (Å²) >= 11 is 0. The van der Waals surface area contributed by atoms with E-state index < -0.39 is 0 Å². The number of nitrogen functional groups attached to an aromatic ring is 1. The highest BCUT2D eigenvalue weighted by Gasteiger charge is 1.95. The van der Waals surface area contributed by atoms with Crippen molar-refractivity contribution in [3.63, 3.8) is 0 Å². The molecule has 0 spiro atoms. The molecule has 50 valence electrons. The van der Waals surface area contributed by atoms with Crippen molar-refractivity contribution in [2.45, 2.75) is 0 Å². The van der Waals surface area contributed by atoms with Gasteiger partial charge in [-0.1, -0.05) is 0 Å². The third-order valence-corrected chi connectivity index (χ3v) is 1.42. The van der Waals surface area contributed by atoms with E-state index in [1.807, 2.05) is 30.8 Å². The SMILES string of the molecule is CNc1ccc(N)n1C. The number of nitrogens with two attached hydrogens (primary N) is 1. The van der Waals surface area contributed by atoms with Gasteiger partial charge >= 0.3 is 0 Å². The molecule has 1 aromatic heterocycles. The standard InChI is InChI=1S/C6H11N3/c1-8-6-4-3-5(7)9(6)2/h3-4,8H,7H2,1-2H3. The number of nitrogens with one attached hydrogen (secondary N) is 1. The van der Waals surface area contributed by atoms with E-state index in [4.69, 9.17) is 5.73 Å². The molecule has 3 heteroatoms. The zero-order valence-electron chi connectivity index (χ0n) is 5.68. The van der Waals surface area contributed by atoms with Crippen LogP contribution in [0, 0.1) is 0 Å². The summed E-state index contributed by atoms with van der Waals surface area (Å²) in [6.07, 6.45) is 0. The fourth-order valence-electron chi connectivity index (χ4n) is 0.778. The molecule has 3 nitrogen and oxygen atoms in total. The van der Waals surface area contributed by atoms with Crippen molar-refractivity contribution >= 4 is 11.6 Å². The van der Waals surface area contributed by atoms with Crippen molar-refractivity contribution in [2.24, 2.45) is 7.05 Å². The maximum absolute atomic E-state index is 5.54. The molecular formula is C6H11N3. The van der Waals surface area contributed by atoms with E-state index in [0.29, 0.717) is 0 Å². The van der Waals surface area contributed by atoms with Gasteiger partial charge in [0.1, 0.15) is 11.6 Å². The Bertz CT molecular complexity index is 202. The Labute approximate surface area is 54.5 Å². The van der Waals surface area contributed by atoms with E-state index in [0.717, 1.165) is 11.6 Å². The average Bonchev–Trinajstić information content (AvgIpc) is 2.15. The summed E-state index contributed by atoms with van der Waals surface area (Å²) in [4.78, 5) is 0. The molecule has 1 aromatic rings. The minimum atomic E-state index is 0.777. The van der Waals surface area contributed by atoms with Crippen LogP contribution in [0.4, 0.5) is 11.6 Å². The van der Waals surface area contributed by atoms with Crippen LogP contribution in [0.1, 0.15) is 0 Å². The monoisotopic (exact) mass is 125 g/mol. The molecule has 3 N–H and O–H groups in total. The number of anilines is 2. The van der Waals surface area contributed by atoms with E-state index >= 15 is 0 Å². The highest BCUT2D eigenvalue weighted by Crippen LogP contribution is 2.11. The third-order valence-electron chi connectivity index (χ3n) is 1.42. The molecule has 0 aliphatic rings. The maximum Gasteiger partial charge on any atom is 0.106 e. The van der Waals surface area contributed by atoms with Crippen LogP contribution in [-0.4, -0.2) is 11.6 Å². The van der Waals surface area contributed by atoms with Crippen LogP contribution in [-0.2, 0) is 7.05 Å². The fraction of sp³-hybridized carbons (Fsp3) is 0.333. The molecule has 0 aliphatic heterocycles. The smallest absolute Gasteiger partial charge is 0.106 e. The second kappa shape index (κ2) is 2.01. The highest BCUT2D eigenvalue weighted by atomic mass is 15.1. The molecular weight excluding hydrogens is 114 g/mol. The molecule has 0 unspecified atom stereocenters. The van der Waals surface area contributed by atoms with Gasteiger partial charge in [0.25, 0.3) is 0 Å². The maximum atomic E-state index is 5.54. The van der Waals surface area contributed by atoms with Crippen molar-refractivity contribution in [1.29, 1.82) is 0 Å². The number of hydrogen-bond donors (Lipinski definition) is 2. The molecule has 0 aliphatic carbocycles. The van der Waals surface area contributed by atoms with Gasteiger partial charge in [0.05, 0.1) is 0 Å². The molecule has 0 saturated heterocycles. The van der Waals surface area contributed by atoms with Crippen LogP contribution in [0.5, 0.6) is 0 Å². The molecule has 0 atom stereocenters. The molecule has 0 saturated carbocycles. The van der Waals surface area contributed by atoms with Gasteiger partial charge in [-0.15, -0.1) is 0 Å². The van der Waals surface area contributed by atoms with Crippen molar-refractivity contribution in [2.75, 3.05) is 18.1 Å². The van der Waals surface area contributed by atoms with Crippen LogP contribution in [0.2, 0.25) is 0 Å². The van der Waals surface area contributed by atoms with Crippen LogP contribution >= 0.6 is 0 Å². The van der Waals surface area contributed by atoms with E-state index in [1.165, 1.54) is 0 Å². The van der Waals surface area contributed by atoms with Gasteiger partial charge in [0.15, 0.2) is 0 Å². The Kier molecular flexibility index (Phi) is 1.34. The van der Waals surface area contributed by atoms with Crippen LogP contribution < -0.4 is 11.1 Å². The Morgan fingerprint density at radius 3 is 2.44 bits per heavy atom. The summed E-state index contributed by atoms with van der Waals surface area (Å²) in [5, 5.41) is 3.00. The van der Waals surface area contributed by atoms with Gasteiger partial charge in [0, 0.05) is 14.1 Å². The van der Waals surface area contributed by atoms with Crippen molar-refractivity contribution in [3.05, 3.63) is 12.1 Å². The summed E-state index contributed by atoms with van der Waals surface area (Å²) < 4.78 is 1.89. The van der Waals surface area contributed by atoms with Crippen molar-refractivity contribution in [3.8, 4) is 0 Å². The molecule has 1 heterocycles. The summed E-state index contributed by atoms with van der Waals surface area (Å²) in [5.74, 6) is 1.81. The molecule has 0 radical (unpaired) electrons. The number of hydrogen-bond acceptors (Lipinski definition) is 2. The van der Waals surface area contributed by atoms with Gasteiger partial charge in [-0.3, -0.25) is 0 Å². The van der Waals surface area contributed by atoms with Crippen LogP contribution in [0.25, 0.3) is 0 Å². The first-order valence-electron chi connectivity index (χ1n) is 2.84. The lowest BCUT2D eigenvalue weighted by Gasteiger charge is -2.01. The van der Waals surface area contributed by atoms with E-state index in [2.05, 4.69) is 5.32 Å².